The molecule has 0 aliphatic carbocycles. The molecule has 0 aliphatic heterocycles. The Bertz CT molecular complexity index is 998. The zero-order valence-corrected chi connectivity index (χ0v) is 16.3. The summed E-state index contributed by atoms with van der Waals surface area (Å²) in [6.07, 6.45) is 4.68. The van der Waals surface area contributed by atoms with Crippen LogP contribution in [0.2, 0.25) is 0 Å². The van der Waals surface area contributed by atoms with Crippen LogP contribution in [0.15, 0.2) is 79.6 Å². The molecule has 0 atom stereocenters. The number of amides is 1. The van der Waals surface area contributed by atoms with Crippen LogP contribution in [0.1, 0.15) is 11.3 Å². The zero-order valence-electron chi connectivity index (χ0n) is 13.9. The normalized spacial score (nSPS) is 11.0. The molecule has 134 valence electrons. The quantitative estimate of drug-likeness (QED) is 0.350. The number of benzene rings is 1. The minimum absolute atomic E-state index is 0.0420. The Hall–Kier alpha value is -2.89. The van der Waals surface area contributed by atoms with Crippen molar-refractivity contribution in [2.24, 2.45) is 0 Å². The predicted molar refractivity (Wildman–Crippen MR) is 104 cm³/mol. The lowest BCUT2D eigenvalue weighted by Gasteiger charge is -2.03. The summed E-state index contributed by atoms with van der Waals surface area (Å²) in [5.74, 6) is -0.0822. The number of hydrogen-bond acceptors (Lipinski definition) is 6. The molecule has 0 bridgehead atoms. The molecule has 0 spiro atoms. The fourth-order valence-corrected chi connectivity index (χ4v) is 3.33. The topological polar surface area (TPSA) is 91.8 Å². The number of furan rings is 1. The third-order valence-corrected chi connectivity index (χ3v) is 5.08. The van der Waals surface area contributed by atoms with Crippen molar-refractivity contribution in [1.82, 2.24) is 15.3 Å². The van der Waals surface area contributed by atoms with Crippen molar-refractivity contribution in [2.75, 3.05) is 0 Å². The van der Waals surface area contributed by atoms with Crippen LogP contribution in [0.5, 0.6) is 0 Å². The number of nitriles is 1. The van der Waals surface area contributed by atoms with E-state index in [0.717, 1.165) is 5.56 Å². The second kappa shape index (κ2) is 9.16. The van der Waals surface area contributed by atoms with Crippen molar-refractivity contribution in [3.05, 3.63) is 76.2 Å². The van der Waals surface area contributed by atoms with E-state index in [4.69, 9.17) is 4.42 Å². The van der Waals surface area contributed by atoms with E-state index in [9.17, 15) is 10.1 Å². The van der Waals surface area contributed by atoms with E-state index in [1.807, 2.05) is 36.4 Å². The minimum Gasteiger partial charge on any atom is -0.449 e. The van der Waals surface area contributed by atoms with Gasteiger partial charge in [-0.25, -0.2) is 9.97 Å². The number of nitrogens with zero attached hydrogens (tertiary/aromatic N) is 3. The largest absolute Gasteiger partial charge is 0.449 e. The zero-order chi connectivity index (χ0) is 19.1. The fourth-order valence-electron chi connectivity index (χ4n) is 2.10. The van der Waals surface area contributed by atoms with Crippen molar-refractivity contribution >= 4 is 39.7 Å². The van der Waals surface area contributed by atoms with E-state index in [-0.39, 0.29) is 5.57 Å². The Kier molecular flexibility index (Phi) is 6.41. The van der Waals surface area contributed by atoms with E-state index in [2.05, 4.69) is 31.2 Å². The van der Waals surface area contributed by atoms with Gasteiger partial charge in [0.05, 0.1) is 4.47 Å². The van der Waals surface area contributed by atoms with E-state index in [0.29, 0.717) is 27.0 Å². The molecule has 3 aromatic rings. The molecule has 0 saturated heterocycles. The van der Waals surface area contributed by atoms with Gasteiger partial charge in [0.25, 0.3) is 5.91 Å². The summed E-state index contributed by atoms with van der Waals surface area (Å²) in [5, 5.41) is 13.1. The molecule has 0 saturated carbocycles. The molecular formula is C19H13BrN4O2S. The molecule has 0 aliphatic rings. The van der Waals surface area contributed by atoms with Gasteiger partial charge in [-0.1, -0.05) is 30.3 Å². The van der Waals surface area contributed by atoms with Crippen molar-refractivity contribution in [3.63, 3.8) is 0 Å². The van der Waals surface area contributed by atoms with Crippen LogP contribution in [0.3, 0.4) is 0 Å². The first-order chi connectivity index (χ1) is 13.2. The number of aromatic nitrogens is 2. The Morgan fingerprint density at radius 3 is 2.70 bits per heavy atom. The van der Waals surface area contributed by atoms with Crippen LogP contribution < -0.4 is 5.32 Å². The van der Waals surface area contributed by atoms with Gasteiger partial charge < -0.3 is 9.73 Å². The van der Waals surface area contributed by atoms with Gasteiger partial charge in [-0.15, -0.1) is 0 Å². The summed E-state index contributed by atoms with van der Waals surface area (Å²) >= 11 is 4.64. The molecule has 2 aromatic heterocycles. The second-order valence-corrected chi connectivity index (χ2v) is 7.05. The van der Waals surface area contributed by atoms with Crippen LogP contribution in [0.25, 0.3) is 6.08 Å². The summed E-state index contributed by atoms with van der Waals surface area (Å²) in [7, 11) is 0. The molecule has 1 N–H and O–H groups in total. The lowest BCUT2D eigenvalue weighted by atomic mass is 10.2. The van der Waals surface area contributed by atoms with Crippen molar-refractivity contribution in [1.29, 1.82) is 5.26 Å². The van der Waals surface area contributed by atoms with Crippen LogP contribution >= 0.6 is 27.7 Å². The maximum absolute atomic E-state index is 12.3. The van der Waals surface area contributed by atoms with Crippen molar-refractivity contribution < 1.29 is 9.21 Å². The lowest BCUT2D eigenvalue weighted by Crippen LogP contribution is -2.23. The summed E-state index contributed by atoms with van der Waals surface area (Å²) in [5.41, 5.74) is 0.908. The van der Waals surface area contributed by atoms with E-state index in [1.165, 1.54) is 17.8 Å². The number of carbonyl (C=O) groups is 1. The summed E-state index contributed by atoms with van der Waals surface area (Å²) in [6, 6.07) is 14.8. The van der Waals surface area contributed by atoms with Gasteiger partial charge in [0.1, 0.15) is 17.4 Å². The highest BCUT2D eigenvalue weighted by Gasteiger charge is 2.14. The van der Waals surface area contributed by atoms with Crippen LogP contribution in [-0.2, 0) is 11.3 Å². The van der Waals surface area contributed by atoms with Gasteiger partial charge in [0, 0.05) is 25.0 Å². The Labute approximate surface area is 168 Å². The fraction of sp³-hybridized carbons (Fsp3) is 0.0526. The van der Waals surface area contributed by atoms with Crippen molar-refractivity contribution in [2.45, 2.75) is 16.8 Å². The second-order valence-electron chi connectivity index (χ2n) is 5.26. The number of halogens is 1. The highest BCUT2D eigenvalue weighted by molar-refractivity contribution is 9.10. The van der Waals surface area contributed by atoms with Crippen molar-refractivity contribution in [3.8, 4) is 6.07 Å². The molecule has 0 radical (unpaired) electrons. The van der Waals surface area contributed by atoms with Gasteiger partial charge >= 0.3 is 0 Å². The standard InChI is InChI=1S/C19H13BrN4O2S/c20-16-10-15(26-18(16)27-19-22-7-4-8-23-19)9-14(11-21)17(25)24-12-13-5-2-1-3-6-13/h1-10H,12H2,(H,24,25)/b14-9+. The smallest absolute Gasteiger partial charge is 0.262 e. The van der Waals surface area contributed by atoms with E-state index >= 15 is 0 Å². The highest BCUT2D eigenvalue weighted by Crippen LogP contribution is 2.34. The molecule has 0 unspecified atom stereocenters. The number of carbonyl (C=O) groups excluding carboxylic acids is 1. The predicted octanol–water partition coefficient (Wildman–Crippen LogP) is 4.21. The van der Waals surface area contributed by atoms with Gasteiger partial charge in [-0.05, 0) is 45.4 Å². The maximum atomic E-state index is 12.3. The molecule has 1 aromatic carbocycles. The Morgan fingerprint density at radius 1 is 1.26 bits per heavy atom. The summed E-state index contributed by atoms with van der Waals surface area (Å²) in [6.45, 7) is 0.340. The van der Waals surface area contributed by atoms with Gasteiger partial charge in [-0.2, -0.15) is 5.26 Å². The monoisotopic (exact) mass is 440 g/mol. The van der Waals surface area contributed by atoms with Crippen LogP contribution in [0, 0.1) is 11.3 Å². The first-order valence-corrected chi connectivity index (χ1v) is 9.45. The average molecular weight is 441 g/mol. The average Bonchev–Trinajstić information content (AvgIpc) is 3.04. The van der Waals surface area contributed by atoms with Crippen LogP contribution in [-0.4, -0.2) is 15.9 Å². The molecule has 2 heterocycles. The first kappa shape index (κ1) is 18.9. The van der Waals surface area contributed by atoms with Gasteiger partial charge in [0.15, 0.2) is 10.2 Å². The number of rotatable bonds is 6. The molecule has 0 fully saturated rings. The Balaban J connectivity index is 1.71. The maximum Gasteiger partial charge on any atom is 0.262 e. The third kappa shape index (κ3) is 5.29. The van der Waals surface area contributed by atoms with Gasteiger partial charge in [0.2, 0.25) is 0 Å². The molecule has 1 amide bonds. The SMILES string of the molecule is N#C/C(=C\c1cc(Br)c(Sc2ncccn2)o1)C(=O)NCc1ccccc1. The van der Waals surface area contributed by atoms with E-state index in [1.54, 1.807) is 24.5 Å². The Morgan fingerprint density at radius 2 is 2.00 bits per heavy atom. The lowest BCUT2D eigenvalue weighted by molar-refractivity contribution is -0.117. The first-order valence-electron chi connectivity index (χ1n) is 7.84. The highest BCUT2D eigenvalue weighted by atomic mass is 79.9. The molecule has 3 rings (SSSR count). The number of nitrogens with one attached hydrogen (secondary N) is 1. The minimum atomic E-state index is -0.463. The summed E-state index contributed by atoms with van der Waals surface area (Å²) < 4.78 is 6.38. The number of hydrogen-bond donors (Lipinski definition) is 1. The molecular weight excluding hydrogens is 428 g/mol. The van der Waals surface area contributed by atoms with Gasteiger partial charge in [-0.3, -0.25) is 4.79 Å². The molecule has 27 heavy (non-hydrogen) atoms. The third-order valence-electron chi connectivity index (χ3n) is 3.35. The van der Waals surface area contributed by atoms with E-state index < -0.39 is 5.91 Å². The van der Waals surface area contributed by atoms with Crippen LogP contribution in [0.4, 0.5) is 0 Å². The summed E-state index contributed by atoms with van der Waals surface area (Å²) in [4.78, 5) is 20.5. The molecule has 6 nitrogen and oxygen atoms in total. The molecule has 8 heteroatoms.